The summed E-state index contributed by atoms with van der Waals surface area (Å²) in [7, 11) is 0. The predicted octanol–water partition coefficient (Wildman–Crippen LogP) is 0.738. The Kier molecular flexibility index (Phi) is 4.31. The van der Waals surface area contributed by atoms with Gasteiger partial charge in [0.1, 0.15) is 5.60 Å². The summed E-state index contributed by atoms with van der Waals surface area (Å²) in [6.07, 6.45) is 0.103. The van der Waals surface area contributed by atoms with Crippen LogP contribution in [0.4, 0.5) is 0 Å². The lowest BCUT2D eigenvalue weighted by atomic mass is 9.93. The molecule has 0 unspecified atom stereocenters. The molecule has 0 amide bonds. The van der Waals surface area contributed by atoms with Gasteiger partial charge in [-0.1, -0.05) is 11.8 Å². The zero-order valence-corrected chi connectivity index (χ0v) is 9.22. The molecule has 14 heavy (non-hydrogen) atoms. The third-order valence-electron chi connectivity index (χ3n) is 2.01. The minimum atomic E-state index is -1.38. The number of aliphatic hydroxyl groups excluding tert-OH is 1. The summed E-state index contributed by atoms with van der Waals surface area (Å²) in [5.74, 6) is 5.23. The molecule has 0 saturated carbocycles. The summed E-state index contributed by atoms with van der Waals surface area (Å²) < 4.78 is 0. The molecule has 3 heteroatoms. The summed E-state index contributed by atoms with van der Waals surface area (Å²) in [6.45, 7) is 6.32. The van der Waals surface area contributed by atoms with Crippen LogP contribution in [0.15, 0.2) is 0 Å². The zero-order valence-electron chi connectivity index (χ0n) is 9.22. The highest BCUT2D eigenvalue weighted by molar-refractivity contribution is 5.84. The molecule has 0 fully saturated rings. The van der Waals surface area contributed by atoms with Gasteiger partial charge < -0.3 is 10.2 Å². The van der Waals surface area contributed by atoms with Crippen molar-refractivity contribution < 1.29 is 15.0 Å². The smallest absolute Gasteiger partial charge is 0.161 e. The number of carbonyl (C=O) groups excluding carboxylic acids is 1. The van der Waals surface area contributed by atoms with Gasteiger partial charge in [0, 0.05) is 11.8 Å². The van der Waals surface area contributed by atoms with Crippen LogP contribution in [0.5, 0.6) is 0 Å². The number of Topliss-reactive ketones (excluding diaryl/α,β-unsaturated/α-hetero) is 1. The van der Waals surface area contributed by atoms with Crippen LogP contribution >= 0.6 is 0 Å². The summed E-state index contributed by atoms with van der Waals surface area (Å²) >= 11 is 0. The molecule has 1 atom stereocenters. The van der Waals surface area contributed by atoms with E-state index in [1.165, 1.54) is 13.8 Å². The lowest BCUT2D eigenvalue weighted by molar-refractivity contribution is -0.132. The van der Waals surface area contributed by atoms with Gasteiger partial charge in [-0.2, -0.15) is 0 Å². The molecular formula is C11H18O3. The zero-order chi connectivity index (χ0) is 11.4. The molecule has 2 N–H and O–H groups in total. The van der Waals surface area contributed by atoms with Crippen LogP contribution in [-0.4, -0.2) is 28.2 Å². The summed E-state index contributed by atoms with van der Waals surface area (Å²) in [5, 5.41) is 18.4. The maximum absolute atomic E-state index is 10.9. The topological polar surface area (TPSA) is 57.5 Å². The molecule has 0 aliphatic carbocycles. The van der Waals surface area contributed by atoms with Gasteiger partial charge >= 0.3 is 0 Å². The quantitative estimate of drug-likeness (QED) is 0.657. The molecule has 3 nitrogen and oxygen atoms in total. The summed E-state index contributed by atoms with van der Waals surface area (Å²) in [4.78, 5) is 10.9. The summed E-state index contributed by atoms with van der Waals surface area (Å²) in [6, 6.07) is 0. The highest BCUT2D eigenvalue weighted by Crippen LogP contribution is 2.13. The number of carbonyl (C=O) groups is 1. The van der Waals surface area contributed by atoms with Gasteiger partial charge in [-0.25, -0.2) is 0 Å². The Morgan fingerprint density at radius 3 is 2.21 bits per heavy atom. The molecule has 0 aromatic carbocycles. The van der Waals surface area contributed by atoms with Crippen LogP contribution in [-0.2, 0) is 4.79 Å². The van der Waals surface area contributed by atoms with Crippen LogP contribution in [0.1, 0.15) is 34.1 Å². The van der Waals surface area contributed by atoms with Crippen LogP contribution < -0.4 is 0 Å². The number of ketones is 1. The lowest BCUT2D eigenvalue weighted by Gasteiger charge is -2.17. The molecule has 0 aromatic rings. The van der Waals surface area contributed by atoms with Gasteiger partial charge in [0.15, 0.2) is 5.78 Å². The molecule has 0 aliphatic heterocycles. The van der Waals surface area contributed by atoms with Crippen LogP contribution in [0.25, 0.3) is 0 Å². The second kappa shape index (κ2) is 4.59. The van der Waals surface area contributed by atoms with Crippen molar-refractivity contribution in [1.82, 2.24) is 0 Å². The predicted molar refractivity (Wildman–Crippen MR) is 54.6 cm³/mol. The van der Waals surface area contributed by atoms with Gasteiger partial charge in [-0.05, 0) is 27.7 Å². The Morgan fingerprint density at radius 1 is 1.36 bits per heavy atom. The Balaban J connectivity index is 4.38. The van der Waals surface area contributed by atoms with Gasteiger partial charge in [0.25, 0.3) is 0 Å². The molecule has 0 rings (SSSR count). The standard InChI is InChI=1S/C11H18O3/c1-9(13)11(4,14)7-5-6-10(2,3)8-12/h12,14H,7-8H2,1-4H3/t11-/m0/s1. The lowest BCUT2D eigenvalue weighted by Crippen LogP contribution is -2.32. The van der Waals surface area contributed by atoms with Crippen molar-refractivity contribution in [1.29, 1.82) is 0 Å². The van der Waals surface area contributed by atoms with E-state index < -0.39 is 11.0 Å². The molecular weight excluding hydrogens is 180 g/mol. The van der Waals surface area contributed by atoms with Crippen molar-refractivity contribution in [2.24, 2.45) is 5.41 Å². The number of hydrogen-bond donors (Lipinski definition) is 2. The molecule has 0 spiro atoms. The van der Waals surface area contributed by atoms with Crippen LogP contribution in [0.3, 0.4) is 0 Å². The molecule has 0 saturated heterocycles. The van der Waals surface area contributed by atoms with Crippen molar-refractivity contribution in [2.75, 3.05) is 6.61 Å². The van der Waals surface area contributed by atoms with E-state index in [0.717, 1.165) is 0 Å². The monoisotopic (exact) mass is 198 g/mol. The van der Waals surface area contributed by atoms with Crippen molar-refractivity contribution in [2.45, 2.75) is 39.7 Å². The van der Waals surface area contributed by atoms with Gasteiger partial charge in [0.2, 0.25) is 0 Å². The Bertz CT molecular complexity index is 266. The maximum Gasteiger partial charge on any atom is 0.161 e. The molecule has 80 valence electrons. The summed E-state index contributed by atoms with van der Waals surface area (Å²) in [5.41, 5.74) is -1.86. The van der Waals surface area contributed by atoms with Crippen molar-refractivity contribution in [3.8, 4) is 11.8 Å². The number of rotatable bonds is 3. The van der Waals surface area contributed by atoms with Gasteiger partial charge in [-0.15, -0.1) is 0 Å². The molecule has 0 heterocycles. The molecule has 0 aromatic heterocycles. The van der Waals surface area contributed by atoms with Gasteiger partial charge in [0.05, 0.1) is 6.61 Å². The first-order chi connectivity index (χ1) is 6.21. The highest BCUT2D eigenvalue weighted by atomic mass is 16.3. The largest absolute Gasteiger partial charge is 0.395 e. The van der Waals surface area contributed by atoms with E-state index >= 15 is 0 Å². The fourth-order valence-corrected chi connectivity index (χ4v) is 0.620. The minimum absolute atomic E-state index is 0.0395. The van der Waals surface area contributed by atoms with E-state index in [-0.39, 0.29) is 18.8 Å². The van der Waals surface area contributed by atoms with Crippen molar-refractivity contribution >= 4 is 5.78 Å². The van der Waals surface area contributed by atoms with E-state index in [4.69, 9.17) is 5.11 Å². The van der Waals surface area contributed by atoms with E-state index in [9.17, 15) is 9.90 Å². The minimum Gasteiger partial charge on any atom is -0.395 e. The first-order valence-corrected chi connectivity index (χ1v) is 4.55. The molecule has 0 radical (unpaired) electrons. The van der Waals surface area contributed by atoms with Gasteiger partial charge in [-0.3, -0.25) is 4.79 Å². The van der Waals surface area contributed by atoms with Crippen molar-refractivity contribution in [3.05, 3.63) is 0 Å². The van der Waals surface area contributed by atoms with E-state index in [0.29, 0.717) is 0 Å². The number of aliphatic hydroxyl groups is 2. The number of hydrogen-bond acceptors (Lipinski definition) is 3. The average Bonchev–Trinajstić information content (AvgIpc) is 2.03. The Hall–Kier alpha value is -0.850. The third-order valence-corrected chi connectivity index (χ3v) is 2.01. The van der Waals surface area contributed by atoms with E-state index in [1.807, 2.05) is 0 Å². The van der Waals surface area contributed by atoms with Crippen molar-refractivity contribution in [3.63, 3.8) is 0 Å². The fourth-order valence-electron chi connectivity index (χ4n) is 0.620. The second-order valence-electron chi connectivity index (χ2n) is 4.35. The van der Waals surface area contributed by atoms with Crippen LogP contribution in [0.2, 0.25) is 0 Å². The maximum atomic E-state index is 10.9. The average molecular weight is 198 g/mol. The SMILES string of the molecule is CC(=O)[C@@](C)(O)CC#CC(C)(C)CO. The molecule has 0 bridgehead atoms. The normalized spacial score (nSPS) is 15.3. The second-order valence-corrected chi connectivity index (χ2v) is 4.35. The third kappa shape index (κ3) is 4.40. The van der Waals surface area contributed by atoms with E-state index in [2.05, 4.69) is 11.8 Å². The first-order valence-electron chi connectivity index (χ1n) is 4.55. The molecule has 0 aliphatic rings. The Labute approximate surface area is 85.1 Å². The fraction of sp³-hybridized carbons (Fsp3) is 0.727. The van der Waals surface area contributed by atoms with Crippen LogP contribution in [0, 0.1) is 17.3 Å². The Morgan fingerprint density at radius 2 is 1.86 bits per heavy atom. The van der Waals surface area contributed by atoms with E-state index in [1.54, 1.807) is 13.8 Å². The highest BCUT2D eigenvalue weighted by Gasteiger charge is 2.24. The first kappa shape index (κ1) is 13.2.